The van der Waals surface area contributed by atoms with Crippen LogP contribution in [0.25, 0.3) is 5.65 Å². The molecule has 0 aromatic carbocycles. The average Bonchev–Trinajstić information content (AvgIpc) is 3.17. The first-order chi connectivity index (χ1) is 15.0. The van der Waals surface area contributed by atoms with E-state index in [1.54, 1.807) is 12.3 Å². The van der Waals surface area contributed by atoms with Crippen LogP contribution in [0, 0.1) is 5.92 Å². The number of aromatic nitrogens is 3. The molecule has 31 heavy (non-hydrogen) atoms. The lowest BCUT2D eigenvalue weighted by atomic mass is 9.88. The number of imidazole rings is 1. The quantitative estimate of drug-likeness (QED) is 0.625. The van der Waals surface area contributed by atoms with Gasteiger partial charge in [-0.25, -0.2) is 18.7 Å². The first-order valence-electron chi connectivity index (χ1n) is 10.3. The predicted octanol–water partition coefficient (Wildman–Crippen LogP) is 4.46. The Bertz CT molecular complexity index is 1090. The molecule has 1 aliphatic rings. The largest absolute Gasteiger partial charge is 0.491 e. The van der Waals surface area contributed by atoms with E-state index >= 15 is 0 Å². The van der Waals surface area contributed by atoms with Crippen molar-refractivity contribution in [2.24, 2.45) is 5.92 Å². The van der Waals surface area contributed by atoms with Crippen molar-refractivity contribution in [2.75, 3.05) is 25.1 Å². The SMILES string of the molecule is CCOc1cc2nc([C@@H]3CCOC[C@@H]3C)cn2cc1NC(=O)c1cccc(C(F)F)n1. The van der Waals surface area contributed by atoms with Gasteiger partial charge in [-0.05, 0) is 31.4 Å². The number of nitrogens with one attached hydrogen (secondary N) is 1. The second kappa shape index (κ2) is 8.97. The highest BCUT2D eigenvalue weighted by Crippen LogP contribution is 2.33. The predicted molar refractivity (Wildman–Crippen MR) is 111 cm³/mol. The average molecular weight is 430 g/mol. The summed E-state index contributed by atoms with van der Waals surface area (Å²) in [7, 11) is 0. The van der Waals surface area contributed by atoms with Crippen LogP contribution in [-0.4, -0.2) is 40.1 Å². The Morgan fingerprint density at radius 2 is 2.19 bits per heavy atom. The number of fused-ring (bicyclic) bond motifs is 1. The summed E-state index contributed by atoms with van der Waals surface area (Å²) in [5.41, 5.74) is 1.54. The molecule has 1 N–H and O–H groups in total. The van der Waals surface area contributed by atoms with E-state index in [4.69, 9.17) is 14.5 Å². The molecule has 1 amide bonds. The number of rotatable bonds is 6. The zero-order valence-electron chi connectivity index (χ0n) is 17.3. The third-order valence-corrected chi connectivity index (χ3v) is 5.37. The maximum absolute atomic E-state index is 12.9. The summed E-state index contributed by atoms with van der Waals surface area (Å²) in [5.74, 6) is 0.507. The van der Waals surface area contributed by atoms with E-state index in [-0.39, 0.29) is 5.69 Å². The molecule has 0 bridgehead atoms. The normalized spacial score (nSPS) is 19.0. The molecular formula is C22H24F2N4O3. The van der Waals surface area contributed by atoms with Gasteiger partial charge in [0.15, 0.2) is 0 Å². The number of halogens is 2. The molecular weight excluding hydrogens is 406 g/mol. The number of hydrogen-bond acceptors (Lipinski definition) is 5. The number of amides is 1. The lowest BCUT2D eigenvalue weighted by Gasteiger charge is -2.27. The van der Waals surface area contributed by atoms with Crippen molar-refractivity contribution in [3.05, 3.63) is 53.7 Å². The monoisotopic (exact) mass is 430 g/mol. The number of carbonyl (C=O) groups excluding carboxylic acids is 1. The van der Waals surface area contributed by atoms with Crippen molar-refractivity contribution in [1.82, 2.24) is 14.4 Å². The van der Waals surface area contributed by atoms with Gasteiger partial charge in [-0.2, -0.15) is 0 Å². The maximum atomic E-state index is 12.9. The summed E-state index contributed by atoms with van der Waals surface area (Å²) in [6.07, 6.45) is 1.82. The van der Waals surface area contributed by atoms with E-state index in [0.29, 0.717) is 48.7 Å². The molecule has 164 valence electrons. The highest BCUT2D eigenvalue weighted by Gasteiger charge is 2.26. The molecule has 1 fully saturated rings. The molecule has 0 radical (unpaired) electrons. The van der Waals surface area contributed by atoms with Crippen LogP contribution in [0.3, 0.4) is 0 Å². The molecule has 0 saturated carbocycles. The van der Waals surface area contributed by atoms with Crippen molar-refractivity contribution in [3.8, 4) is 5.75 Å². The van der Waals surface area contributed by atoms with Crippen LogP contribution in [-0.2, 0) is 4.74 Å². The smallest absolute Gasteiger partial charge is 0.280 e. The van der Waals surface area contributed by atoms with Gasteiger partial charge in [0.25, 0.3) is 12.3 Å². The minimum absolute atomic E-state index is 0.0947. The van der Waals surface area contributed by atoms with Crippen LogP contribution in [0.2, 0.25) is 0 Å². The molecule has 3 aromatic heterocycles. The lowest BCUT2D eigenvalue weighted by Crippen LogP contribution is -2.23. The second-order valence-electron chi connectivity index (χ2n) is 7.57. The minimum Gasteiger partial charge on any atom is -0.491 e. The maximum Gasteiger partial charge on any atom is 0.280 e. The first-order valence-corrected chi connectivity index (χ1v) is 10.3. The number of anilines is 1. The van der Waals surface area contributed by atoms with Crippen molar-refractivity contribution in [2.45, 2.75) is 32.6 Å². The van der Waals surface area contributed by atoms with Gasteiger partial charge in [-0.15, -0.1) is 0 Å². The van der Waals surface area contributed by atoms with Gasteiger partial charge < -0.3 is 19.2 Å². The summed E-state index contributed by atoms with van der Waals surface area (Å²) < 4.78 is 38.9. The Hall–Kier alpha value is -3.07. The van der Waals surface area contributed by atoms with Crippen molar-refractivity contribution in [1.29, 1.82) is 0 Å². The molecule has 1 saturated heterocycles. The number of ether oxygens (including phenoxy) is 2. The van der Waals surface area contributed by atoms with E-state index in [2.05, 4.69) is 17.2 Å². The minimum atomic E-state index is -2.75. The highest BCUT2D eigenvalue weighted by molar-refractivity contribution is 6.03. The fourth-order valence-corrected chi connectivity index (χ4v) is 3.79. The van der Waals surface area contributed by atoms with E-state index in [9.17, 15) is 13.6 Å². The van der Waals surface area contributed by atoms with Crippen LogP contribution in [0.1, 0.15) is 54.5 Å². The molecule has 4 heterocycles. The zero-order valence-corrected chi connectivity index (χ0v) is 17.3. The van der Waals surface area contributed by atoms with Gasteiger partial charge in [-0.1, -0.05) is 13.0 Å². The van der Waals surface area contributed by atoms with Crippen LogP contribution in [0.5, 0.6) is 5.75 Å². The number of pyridine rings is 2. The Morgan fingerprint density at radius 1 is 1.35 bits per heavy atom. The summed E-state index contributed by atoms with van der Waals surface area (Å²) in [6.45, 7) is 5.78. The molecule has 7 nitrogen and oxygen atoms in total. The summed E-state index contributed by atoms with van der Waals surface area (Å²) in [6, 6.07) is 5.72. The first kappa shape index (κ1) is 21.2. The fourth-order valence-electron chi connectivity index (χ4n) is 3.79. The van der Waals surface area contributed by atoms with Crippen LogP contribution in [0.4, 0.5) is 14.5 Å². The molecule has 3 aromatic rings. The number of alkyl halides is 2. The zero-order chi connectivity index (χ0) is 22.0. The topological polar surface area (TPSA) is 77.8 Å². The van der Waals surface area contributed by atoms with Crippen molar-refractivity contribution >= 4 is 17.2 Å². The molecule has 9 heteroatoms. The van der Waals surface area contributed by atoms with Gasteiger partial charge in [0, 0.05) is 37.6 Å². The van der Waals surface area contributed by atoms with Crippen molar-refractivity contribution in [3.63, 3.8) is 0 Å². The molecule has 0 spiro atoms. The van der Waals surface area contributed by atoms with Gasteiger partial charge in [0.1, 0.15) is 28.5 Å². The standard InChI is InChI=1S/C22H24F2N4O3/c1-3-31-19-9-20-26-17(14-7-8-30-12-13(14)2)10-28(20)11-18(19)27-22(29)16-6-4-5-15(25-16)21(23)24/h4-6,9-11,13-14,21H,3,7-8,12H2,1-2H3,(H,27,29)/t13-,14+/m0/s1. The van der Waals surface area contributed by atoms with E-state index in [1.807, 2.05) is 17.5 Å². The third-order valence-electron chi connectivity index (χ3n) is 5.37. The lowest BCUT2D eigenvalue weighted by molar-refractivity contribution is 0.0464. The van der Waals surface area contributed by atoms with E-state index in [0.717, 1.165) is 12.1 Å². The Balaban J connectivity index is 1.65. The molecule has 2 atom stereocenters. The summed E-state index contributed by atoms with van der Waals surface area (Å²) in [4.78, 5) is 21.2. The summed E-state index contributed by atoms with van der Waals surface area (Å²) >= 11 is 0. The number of carbonyl (C=O) groups is 1. The highest BCUT2D eigenvalue weighted by atomic mass is 19.3. The molecule has 0 aliphatic carbocycles. The second-order valence-corrected chi connectivity index (χ2v) is 7.57. The van der Waals surface area contributed by atoms with Crippen molar-refractivity contribution < 1.29 is 23.0 Å². The van der Waals surface area contributed by atoms with E-state index < -0.39 is 18.0 Å². The van der Waals surface area contributed by atoms with Crippen LogP contribution >= 0.6 is 0 Å². The Labute approximate surface area is 178 Å². The summed E-state index contributed by atoms with van der Waals surface area (Å²) in [5, 5.41) is 2.73. The van der Waals surface area contributed by atoms with Crippen LogP contribution < -0.4 is 10.1 Å². The van der Waals surface area contributed by atoms with Gasteiger partial charge in [0.05, 0.1) is 12.3 Å². The molecule has 0 unspecified atom stereocenters. The third kappa shape index (κ3) is 4.51. The fraction of sp³-hybridized carbons (Fsp3) is 0.409. The van der Waals surface area contributed by atoms with Crippen LogP contribution in [0.15, 0.2) is 36.7 Å². The number of nitrogens with zero attached hydrogens (tertiary/aromatic N) is 3. The van der Waals surface area contributed by atoms with Gasteiger partial charge in [-0.3, -0.25) is 4.79 Å². The molecule has 4 rings (SSSR count). The molecule has 1 aliphatic heterocycles. The van der Waals surface area contributed by atoms with Gasteiger partial charge >= 0.3 is 0 Å². The Kier molecular flexibility index (Phi) is 6.13. The van der Waals surface area contributed by atoms with Gasteiger partial charge in [0.2, 0.25) is 0 Å². The Morgan fingerprint density at radius 3 is 2.94 bits per heavy atom. The van der Waals surface area contributed by atoms with E-state index in [1.165, 1.54) is 18.2 Å². The number of hydrogen-bond donors (Lipinski definition) is 1.